The van der Waals surface area contributed by atoms with Crippen LogP contribution in [0.2, 0.25) is 0 Å². The molecular weight excluding hydrogens is 250 g/mol. The molecule has 2 heterocycles. The van der Waals surface area contributed by atoms with Gasteiger partial charge in [-0.05, 0) is 36.6 Å². The predicted octanol–water partition coefficient (Wildman–Crippen LogP) is 3.65. The van der Waals surface area contributed by atoms with Gasteiger partial charge in [0.15, 0.2) is 0 Å². The van der Waals surface area contributed by atoms with Crippen LogP contribution in [0.4, 0.5) is 0 Å². The van der Waals surface area contributed by atoms with Crippen LogP contribution in [-0.2, 0) is 4.74 Å². The molecular formula is C17H19NO2. The van der Waals surface area contributed by atoms with Gasteiger partial charge in [0.1, 0.15) is 11.9 Å². The summed E-state index contributed by atoms with van der Waals surface area (Å²) in [5.41, 5.74) is 1.20. The van der Waals surface area contributed by atoms with E-state index in [9.17, 15) is 0 Å². The highest BCUT2D eigenvalue weighted by Crippen LogP contribution is 2.22. The Morgan fingerprint density at radius 1 is 1.15 bits per heavy atom. The molecule has 2 atom stereocenters. The molecule has 104 valence electrons. The van der Waals surface area contributed by atoms with Gasteiger partial charge in [-0.25, -0.2) is 0 Å². The summed E-state index contributed by atoms with van der Waals surface area (Å²) in [6.07, 6.45) is 7.97. The van der Waals surface area contributed by atoms with E-state index < -0.39 is 0 Å². The van der Waals surface area contributed by atoms with Crippen LogP contribution in [0, 0.1) is 0 Å². The van der Waals surface area contributed by atoms with E-state index >= 15 is 0 Å². The van der Waals surface area contributed by atoms with E-state index in [1.165, 1.54) is 5.56 Å². The second-order valence-corrected chi connectivity index (χ2v) is 4.97. The Morgan fingerprint density at radius 2 is 2.05 bits per heavy atom. The quantitative estimate of drug-likeness (QED) is 0.899. The monoisotopic (exact) mass is 269 g/mol. The average Bonchev–Trinajstić information content (AvgIpc) is 3.04. The summed E-state index contributed by atoms with van der Waals surface area (Å²) in [5.74, 6) is 0.933. The number of furan rings is 1. The molecule has 20 heavy (non-hydrogen) atoms. The normalized spacial score (nSPS) is 19.5. The predicted molar refractivity (Wildman–Crippen MR) is 78.2 cm³/mol. The number of benzene rings is 1. The van der Waals surface area contributed by atoms with Crippen molar-refractivity contribution in [3.05, 3.63) is 72.4 Å². The molecule has 2 aromatic rings. The topological polar surface area (TPSA) is 34.4 Å². The third-order valence-corrected chi connectivity index (χ3v) is 3.53. The zero-order valence-electron chi connectivity index (χ0n) is 11.4. The van der Waals surface area contributed by atoms with Gasteiger partial charge < -0.3 is 9.15 Å². The van der Waals surface area contributed by atoms with Gasteiger partial charge in [0.05, 0.1) is 18.6 Å². The summed E-state index contributed by atoms with van der Waals surface area (Å²) in [4.78, 5) is 0. The van der Waals surface area contributed by atoms with E-state index in [1.807, 2.05) is 30.3 Å². The molecule has 1 aliphatic rings. The van der Waals surface area contributed by atoms with Gasteiger partial charge in [0.25, 0.3) is 0 Å². The molecule has 0 aliphatic carbocycles. The van der Waals surface area contributed by atoms with Crippen molar-refractivity contribution in [1.82, 2.24) is 5.32 Å². The minimum Gasteiger partial charge on any atom is -0.497 e. The lowest BCUT2D eigenvalue weighted by Gasteiger charge is -2.23. The third kappa shape index (κ3) is 3.11. The van der Waals surface area contributed by atoms with E-state index in [1.54, 1.807) is 12.5 Å². The van der Waals surface area contributed by atoms with Gasteiger partial charge >= 0.3 is 0 Å². The smallest absolute Gasteiger partial charge is 0.125 e. The molecule has 0 fully saturated rings. The van der Waals surface area contributed by atoms with Gasteiger partial charge in [-0.1, -0.05) is 30.3 Å². The first-order valence-corrected chi connectivity index (χ1v) is 7.05. The number of nitrogens with one attached hydrogen (secondary N) is 1. The number of rotatable bonds is 5. The maximum Gasteiger partial charge on any atom is 0.125 e. The molecule has 0 spiro atoms. The molecule has 3 rings (SSSR count). The molecule has 1 aliphatic heterocycles. The van der Waals surface area contributed by atoms with E-state index in [-0.39, 0.29) is 12.1 Å². The summed E-state index contributed by atoms with van der Waals surface area (Å²) in [7, 11) is 0. The fourth-order valence-electron chi connectivity index (χ4n) is 2.47. The number of hydrogen-bond donors (Lipinski definition) is 1. The number of ether oxygens (including phenoxy) is 1. The minimum absolute atomic E-state index is 0.0701. The Bertz CT molecular complexity index is 533. The van der Waals surface area contributed by atoms with Crippen LogP contribution in [0.5, 0.6) is 0 Å². The highest BCUT2D eigenvalue weighted by molar-refractivity contribution is 5.26. The van der Waals surface area contributed by atoms with Gasteiger partial charge in [0.2, 0.25) is 0 Å². The van der Waals surface area contributed by atoms with Gasteiger partial charge in [0, 0.05) is 6.54 Å². The summed E-state index contributed by atoms with van der Waals surface area (Å²) >= 11 is 0. The van der Waals surface area contributed by atoms with Crippen LogP contribution in [0.1, 0.15) is 30.2 Å². The summed E-state index contributed by atoms with van der Waals surface area (Å²) in [6.45, 7) is 0.810. The Hall–Kier alpha value is -2.00. The first-order valence-electron chi connectivity index (χ1n) is 7.05. The van der Waals surface area contributed by atoms with Gasteiger partial charge in [-0.3, -0.25) is 5.32 Å². The minimum atomic E-state index is 0.0701. The van der Waals surface area contributed by atoms with Crippen LogP contribution >= 0.6 is 0 Å². The molecule has 0 amide bonds. The fourth-order valence-corrected chi connectivity index (χ4v) is 2.47. The van der Waals surface area contributed by atoms with Crippen molar-refractivity contribution in [2.24, 2.45) is 0 Å². The second kappa shape index (κ2) is 6.44. The Kier molecular flexibility index (Phi) is 4.19. The van der Waals surface area contributed by atoms with Crippen molar-refractivity contribution in [1.29, 1.82) is 0 Å². The molecule has 2 unspecified atom stereocenters. The van der Waals surface area contributed by atoms with Crippen molar-refractivity contribution in [3.63, 3.8) is 0 Å². The maximum atomic E-state index is 5.61. The zero-order valence-corrected chi connectivity index (χ0v) is 11.4. The second-order valence-electron chi connectivity index (χ2n) is 4.97. The third-order valence-electron chi connectivity index (χ3n) is 3.53. The van der Waals surface area contributed by atoms with E-state index in [2.05, 4.69) is 23.5 Å². The first-order chi connectivity index (χ1) is 9.93. The highest BCUT2D eigenvalue weighted by Gasteiger charge is 2.19. The van der Waals surface area contributed by atoms with Crippen molar-refractivity contribution in [3.8, 4) is 0 Å². The van der Waals surface area contributed by atoms with Crippen LogP contribution in [0.3, 0.4) is 0 Å². The van der Waals surface area contributed by atoms with Crippen molar-refractivity contribution >= 4 is 0 Å². The lowest BCUT2D eigenvalue weighted by Crippen LogP contribution is -2.32. The van der Waals surface area contributed by atoms with Crippen LogP contribution in [0.15, 0.2) is 65.5 Å². The fraction of sp³-hybridized carbons (Fsp3) is 0.294. The van der Waals surface area contributed by atoms with Crippen LogP contribution in [0.25, 0.3) is 0 Å². The lowest BCUT2D eigenvalue weighted by atomic mass is 10.0. The van der Waals surface area contributed by atoms with Gasteiger partial charge in [-0.2, -0.15) is 0 Å². The molecule has 0 saturated carbocycles. The Morgan fingerprint density at radius 3 is 2.75 bits per heavy atom. The highest BCUT2D eigenvalue weighted by atomic mass is 16.5. The molecule has 1 aromatic heterocycles. The maximum absolute atomic E-state index is 5.61. The molecule has 3 heteroatoms. The van der Waals surface area contributed by atoms with Crippen molar-refractivity contribution in [2.75, 3.05) is 6.54 Å². The average molecular weight is 269 g/mol. The molecule has 0 saturated heterocycles. The molecule has 0 radical (unpaired) electrons. The zero-order chi connectivity index (χ0) is 13.6. The first kappa shape index (κ1) is 13.0. The van der Waals surface area contributed by atoms with E-state index in [0.29, 0.717) is 0 Å². The summed E-state index contributed by atoms with van der Waals surface area (Å²) in [5, 5.41) is 3.56. The number of allylic oxidation sites excluding steroid dienone is 1. The lowest BCUT2D eigenvalue weighted by molar-refractivity contribution is 0.119. The largest absolute Gasteiger partial charge is 0.497 e. The number of hydrogen-bond acceptors (Lipinski definition) is 3. The van der Waals surface area contributed by atoms with Gasteiger partial charge in [-0.15, -0.1) is 0 Å². The summed E-state index contributed by atoms with van der Waals surface area (Å²) < 4.78 is 11.2. The molecule has 3 nitrogen and oxygen atoms in total. The van der Waals surface area contributed by atoms with Crippen LogP contribution < -0.4 is 5.32 Å². The Balaban J connectivity index is 1.71. The van der Waals surface area contributed by atoms with Crippen molar-refractivity contribution in [2.45, 2.75) is 25.0 Å². The standard InChI is InChI=1S/C17H19NO2/c1-2-7-14(8-3-1)17(16-10-6-12-20-16)18-13-15-9-4-5-11-19-15/h1-3,5-8,10-12,15,17-18H,4,9,13H2. The van der Waals surface area contributed by atoms with E-state index in [0.717, 1.165) is 25.1 Å². The van der Waals surface area contributed by atoms with Crippen molar-refractivity contribution < 1.29 is 9.15 Å². The van der Waals surface area contributed by atoms with Crippen LogP contribution in [-0.4, -0.2) is 12.6 Å². The molecule has 1 aromatic carbocycles. The molecule has 0 bridgehead atoms. The molecule has 1 N–H and O–H groups in total. The summed E-state index contributed by atoms with van der Waals surface area (Å²) in [6, 6.07) is 14.3. The van der Waals surface area contributed by atoms with E-state index in [4.69, 9.17) is 9.15 Å². The SMILES string of the molecule is C1=COC(CNC(c2ccccc2)c2ccco2)CC1. The Labute approximate surface area is 119 Å².